The molecule has 0 heterocycles. The molecule has 0 aliphatic heterocycles. The van der Waals surface area contributed by atoms with Crippen LogP contribution in [-0.4, -0.2) is 27.1 Å². The topological polar surface area (TPSA) is 75.3 Å². The summed E-state index contributed by atoms with van der Waals surface area (Å²) >= 11 is 0. The lowest BCUT2D eigenvalue weighted by molar-refractivity contribution is -0.115. The van der Waals surface area contributed by atoms with E-state index in [-0.39, 0.29) is 23.4 Å². The number of amides is 1. The second-order valence-corrected chi connectivity index (χ2v) is 9.72. The second kappa shape index (κ2) is 9.34. The van der Waals surface area contributed by atoms with Crippen LogP contribution < -0.4 is 10.6 Å². The zero-order chi connectivity index (χ0) is 20.9. The molecule has 6 heteroatoms. The van der Waals surface area contributed by atoms with Gasteiger partial charge in [-0.1, -0.05) is 64.1 Å². The van der Waals surface area contributed by atoms with Crippen LogP contribution in [0.1, 0.15) is 50.8 Å². The highest BCUT2D eigenvalue weighted by atomic mass is 32.2. The Morgan fingerprint density at radius 1 is 0.929 bits per heavy atom. The average Bonchev–Trinajstić information content (AvgIpc) is 2.61. The lowest BCUT2D eigenvalue weighted by Crippen LogP contribution is -2.33. The molecule has 0 spiro atoms. The number of hydrogen-bond donors (Lipinski definition) is 2. The third kappa shape index (κ3) is 5.91. The smallest absolute Gasteiger partial charge is 0.238 e. The highest BCUT2D eigenvalue weighted by Crippen LogP contribution is 2.24. The van der Waals surface area contributed by atoms with Gasteiger partial charge in [0.1, 0.15) is 0 Å². The summed E-state index contributed by atoms with van der Waals surface area (Å²) in [6.45, 7) is 8.61. The minimum absolute atomic E-state index is 0.0251. The van der Waals surface area contributed by atoms with Crippen LogP contribution >= 0.6 is 0 Å². The molecule has 152 valence electrons. The van der Waals surface area contributed by atoms with Crippen molar-refractivity contribution in [1.82, 2.24) is 5.32 Å². The number of carbonyl (C=O) groups excluding carboxylic acids is 1. The van der Waals surface area contributed by atoms with Crippen molar-refractivity contribution in [3.05, 3.63) is 59.7 Å². The third-order valence-electron chi connectivity index (χ3n) is 4.67. The molecule has 5 nitrogen and oxygen atoms in total. The summed E-state index contributed by atoms with van der Waals surface area (Å²) in [7, 11) is -3.41. The molecule has 0 bridgehead atoms. The molecule has 2 aromatic carbocycles. The number of rotatable bonds is 8. The molecule has 0 aliphatic rings. The van der Waals surface area contributed by atoms with E-state index in [1.165, 1.54) is 11.6 Å². The van der Waals surface area contributed by atoms with Gasteiger partial charge in [0.25, 0.3) is 0 Å². The van der Waals surface area contributed by atoms with E-state index < -0.39 is 9.84 Å². The Morgan fingerprint density at radius 3 is 2.04 bits per heavy atom. The lowest BCUT2D eigenvalue weighted by atomic mass is 9.93. The Balaban J connectivity index is 2.07. The summed E-state index contributed by atoms with van der Waals surface area (Å²) in [5.41, 5.74) is 2.71. The first-order valence-corrected chi connectivity index (χ1v) is 11.4. The Bertz CT molecular complexity index is 904. The van der Waals surface area contributed by atoms with Crippen molar-refractivity contribution in [3.8, 4) is 0 Å². The van der Waals surface area contributed by atoms with Crippen LogP contribution in [0.5, 0.6) is 0 Å². The Labute approximate surface area is 168 Å². The number of para-hydroxylation sites is 1. The normalized spacial score (nSPS) is 13.0. The molecule has 0 aromatic heterocycles. The average molecular weight is 403 g/mol. The fourth-order valence-corrected chi connectivity index (χ4v) is 3.96. The predicted octanol–water partition coefficient (Wildman–Crippen LogP) is 4.14. The van der Waals surface area contributed by atoms with E-state index >= 15 is 0 Å². The molecule has 2 N–H and O–H groups in total. The third-order valence-corrected chi connectivity index (χ3v) is 5.83. The molecule has 0 fully saturated rings. The standard InChI is InChI=1S/C22H30N2O3S/c1-15(2)17-10-12-18(13-11-17)22(16(3)4)23-14-21(25)24-19-8-6-7-9-20(19)28(5,26)27/h6-13,15-16,22-23H,14H2,1-5H3,(H,24,25)/t22-/m0/s1. The van der Waals surface area contributed by atoms with E-state index in [2.05, 4.69) is 62.6 Å². The van der Waals surface area contributed by atoms with Gasteiger partial charge < -0.3 is 10.6 Å². The fourth-order valence-electron chi connectivity index (χ4n) is 3.12. The Kier molecular flexibility index (Phi) is 7.38. The van der Waals surface area contributed by atoms with Gasteiger partial charge in [0.2, 0.25) is 5.91 Å². The van der Waals surface area contributed by atoms with Crippen molar-refractivity contribution in [2.45, 2.75) is 44.6 Å². The minimum atomic E-state index is -3.41. The molecule has 0 saturated heterocycles. The highest BCUT2D eigenvalue weighted by Gasteiger charge is 2.18. The van der Waals surface area contributed by atoms with Crippen molar-refractivity contribution in [3.63, 3.8) is 0 Å². The number of carbonyl (C=O) groups is 1. The number of sulfone groups is 1. The number of anilines is 1. The molecular weight excluding hydrogens is 372 g/mol. The van der Waals surface area contributed by atoms with Crippen molar-refractivity contribution in [1.29, 1.82) is 0 Å². The van der Waals surface area contributed by atoms with Gasteiger partial charge in [0, 0.05) is 12.3 Å². The zero-order valence-corrected chi connectivity index (χ0v) is 18.0. The fraction of sp³-hybridized carbons (Fsp3) is 0.409. The molecule has 0 unspecified atom stereocenters. The molecule has 28 heavy (non-hydrogen) atoms. The number of nitrogens with one attached hydrogen (secondary N) is 2. The monoisotopic (exact) mass is 402 g/mol. The van der Waals surface area contributed by atoms with Gasteiger partial charge in [-0.2, -0.15) is 0 Å². The zero-order valence-electron chi connectivity index (χ0n) is 17.2. The lowest BCUT2D eigenvalue weighted by Gasteiger charge is -2.23. The quantitative estimate of drug-likeness (QED) is 0.696. The first-order valence-electron chi connectivity index (χ1n) is 9.51. The maximum absolute atomic E-state index is 12.4. The Hall–Kier alpha value is -2.18. The largest absolute Gasteiger partial charge is 0.324 e. The van der Waals surface area contributed by atoms with Crippen LogP contribution in [0.4, 0.5) is 5.69 Å². The Morgan fingerprint density at radius 2 is 1.50 bits per heavy atom. The summed E-state index contributed by atoms with van der Waals surface area (Å²) in [5.74, 6) is 0.488. The van der Waals surface area contributed by atoms with Gasteiger partial charge in [0.05, 0.1) is 17.1 Å². The van der Waals surface area contributed by atoms with E-state index in [1.54, 1.807) is 18.2 Å². The molecule has 2 rings (SSSR count). The highest BCUT2D eigenvalue weighted by molar-refractivity contribution is 7.90. The SMILES string of the molecule is CC(C)c1ccc([C@@H](NCC(=O)Nc2ccccc2S(C)(=O)=O)C(C)C)cc1. The first kappa shape index (κ1) is 22.1. The van der Waals surface area contributed by atoms with Crippen molar-refractivity contribution >= 4 is 21.4 Å². The maximum Gasteiger partial charge on any atom is 0.238 e. The van der Waals surface area contributed by atoms with Crippen LogP contribution in [0.2, 0.25) is 0 Å². The van der Waals surface area contributed by atoms with Gasteiger partial charge in [-0.25, -0.2) is 8.42 Å². The van der Waals surface area contributed by atoms with E-state index in [4.69, 9.17) is 0 Å². The van der Waals surface area contributed by atoms with Crippen LogP contribution in [0, 0.1) is 5.92 Å². The van der Waals surface area contributed by atoms with Crippen molar-refractivity contribution < 1.29 is 13.2 Å². The van der Waals surface area contributed by atoms with Gasteiger partial charge in [-0.05, 0) is 35.1 Å². The van der Waals surface area contributed by atoms with Gasteiger partial charge in [0.15, 0.2) is 9.84 Å². The van der Waals surface area contributed by atoms with E-state index in [1.807, 2.05) is 0 Å². The maximum atomic E-state index is 12.4. The summed E-state index contributed by atoms with van der Waals surface area (Å²) in [6, 6.07) is 14.9. The predicted molar refractivity (Wildman–Crippen MR) is 114 cm³/mol. The molecule has 0 radical (unpaired) electrons. The van der Waals surface area contributed by atoms with E-state index in [0.717, 1.165) is 11.8 Å². The summed E-state index contributed by atoms with van der Waals surface area (Å²) in [5, 5.41) is 6.01. The van der Waals surface area contributed by atoms with Gasteiger partial charge in [-0.3, -0.25) is 4.79 Å². The van der Waals surface area contributed by atoms with Crippen molar-refractivity contribution in [2.75, 3.05) is 18.1 Å². The minimum Gasteiger partial charge on any atom is -0.324 e. The molecule has 1 atom stereocenters. The van der Waals surface area contributed by atoms with E-state index in [9.17, 15) is 13.2 Å². The van der Waals surface area contributed by atoms with Gasteiger partial charge in [-0.15, -0.1) is 0 Å². The van der Waals surface area contributed by atoms with E-state index in [0.29, 0.717) is 17.5 Å². The molecular formula is C22H30N2O3S. The number of hydrogen-bond acceptors (Lipinski definition) is 4. The number of benzene rings is 2. The molecule has 0 aliphatic carbocycles. The van der Waals surface area contributed by atoms with Crippen LogP contribution in [-0.2, 0) is 14.6 Å². The van der Waals surface area contributed by atoms with Crippen LogP contribution in [0.15, 0.2) is 53.4 Å². The summed E-state index contributed by atoms with van der Waals surface area (Å²) in [6.07, 6.45) is 1.13. The summed E-state index contributed by atoms with van der Waals surface area (Å²) < 4.78 is 23.8. The van der Waals surface area contributed by atoms with Gasteiger partial charge >= 0.3 is 0 Å². The molecule has 0 saturated carbocycles. The van der Waals surface area contributed by atoms with Crippen LogP contribution in [0.25, 0.3) is 0 Å². The first-order chi connectivity index (χ1) is 13.1. The second-order valence-electron chi connectivity index (χ2n) is 7.74. The molecule has 2 aromatic rings. The summed E-state index contributed by atoms with van der Waals surface area (Å²) in [4.78, 5) is 12.5. The molecule has 1 amide bonds. The van der Waals surface area contributed by atoms with Crippen molar-refractivity contribution in [2.24, 2.45) is 5.92 Å². The van der Waals surface area contributed by atoms with Crippen LogP contribution in [0.3, 0.4) is 0 Å².